The van der Waals surface area contributed by atoms with Crippen LogP contribution in [0.2, 0.25) is 5.02 Å². The van der Waals surface area contributed by atoms with Gasteiger partial charge in [0.2, 0.25) is 0 Å². The van der Waals surface area contributed by atoms with E-state index in [1.165, 1.54) is 0 Å². The molecule has 1 aromatic carbocycles. The van der Waals surface area contributed by atoms with Gasteiger partial charge in [0.15, 0.2) is 0 Å². The highest BCUT2D eigenvalue weighted by Gasteiger charge is 2.48. The van der Waals surface area contributed by atoms with E-state index in [9.17, 15) is 4.79 Å². The van der Waals surface area contributed by atoms with Crippen molar-refractivity contribution in [3.05, 3.63) is 45.1 Å². The summed E-state index contributed by atoms with van der Waals surface area (Å²) >= 11 is 9.35. The second kappa shape index (κ2) is 5.40. The fourth-order valence-corrected chi connectivity index (χ4v) is 2.61. The smallest absolute Gasteiger partial charge is 0.323 e. The molecule has 0 spiro atoms. The number of terminal acetylenes is 1. The number of carbonyl (C=O) groups is 1. The van der Waals surface area contributed by atoms with E-state index in [1.54, 1.807) is 12.1 Å². The van der Waals surface area contributed by atoms with Crippen molar-refractivity contribution in [1.82, 2.24) is 0 Å². The van der Waals surface area contributed by atoms with Crippen LogP contribution < -0.4 is 0 Å². The molecule has 0 N–H and O–H groups in total. The fourth-order valence-electron chi connectivity index (χ4n) is 2.20. The van der Waals surface area contributed by atoms with Gasteiger partial charge >= 0.3 is 5.97 Å². The van der Waals surface area contributed by atoms with E-state index in [-0.39, 0.29) is 12.4 Å². The second-order valence-electron chi connectivity index (χ2n) is 4.50. The standard InChI is InChI=1S/C15H12BrClO2/c1-3-7-15(11-5-4-6-12(17)8-11)9-13(10(2)16)19-14(15)18/h1,4-6,8H,7,9H2,2H3/b13-10+. The van der Waals surface area contributed by atoms with E-state index < -0.39 is 5.41 Å². The molecule has 1 aliphatic heterocycles. The fraction of sp³-hybridized carbons (Fsp3) is 0.267. The van der Waals surface area contributed by atoms with Crippen molar-refractivity contribution in [3.8, 4) is 12.3 Å². The van der Waals surface area contributed by atoms with Gasteiger partial charge in [0.1, 0.15) is 11.2 Å². The van der Waals surface area contributed by atoms with Gasteiger partial charge in [-0.05, 0) is 24.6 Å². The van der Waals surface area contributed by atoms with E-state index in [0.717, 1.165) is 10.0 Å². The van der Waals surface area contributed by atoms with Crippen molar-refractivity contribution in [2.75, 3.05) is 0 Å². The van der Waals surface area contributed by atoms with Crippen LogP contribution in [0, 0.1) is 12.3 Å². The summed E-state index contributed by atoms with van der Waals surface area (Å²) in [6.45, 7) is 1.84. The minimum absolute atomic E-state index is 0.288. The molecule has 1 atom stereocenters. The van der Waals surface area contributed by atoms with Crippen molar-refractivity contribution in [2.45, 2.75) is 25.2 Å². The molecule has 19 heavy (non-hydrogen) atoms. The van der Waals surface area contributed by atoms with Gasteiger partial charge in [0.25, 0.3) is 0 Å². The molecule has 98 valence electrons. The minimum Gasteiger partial charge on any atom is -0.429 e. The Hall–Kier alpha value is -1.24. The number of cyclic esters (lactones) is 1. The van der Waals surface area contributed by atoms with Crippen LogP contribution in [0.25, 0.3) is 0 Å². The number of benzene rings is 1. The van der Waals surface area contributed by atoms with E-state index in [0.29, 0.717) is 17.2 Å². The van der Waals surface area contributed by atoms with Crippen LogP contribution in [0.5, 0.6) is 0 Å². The summed E-state index contributed by atoms with van der Waals surface area (Å²) in [5, 5.41) is 0.578. The Morgan fingerprint density at radius 2 is 2.37 bits per heavy atom. The van der Waals surface area contributed by atoms with Gasteiger partial charge in [0.05, 0.1) is 0 Å². The molecule has 1 heterocycles. The number of hydrogen-bond donors (Lipinski definition) is 0. The predicted octanol–water partition coefficient (Wildman–Crippen LogP) is 4.17. The molecule has 2 nitrogen and oxygen atoms in total. The van der Waals surface area contributed by atoms with Gasteiger partial charge in [-0.3, -0.25) is 4.79 Å². The molecule has 0 amide bonds. The summed E-state index contributed by atoms with van der Waals surface area (Å²) in [4.78, 5) is 12.3. The van der Waals surface area contributed by atoms with Crippen LogP contribution >= 0.6 is 27.5 Å². The monoisotopic (exact) mass is 338 g/mol. The molecule has 1 unspecified atom stereocenters. The van der Waals surface area contributed by atoms with Crippen molar-refractivity contribution < 1.29 is 9.53 Å². The quantitative estimate of drug-likeness (QED) is 0.597. The maximum Gasteiger partial charge on any atom is 0.323 e. The zero-order valence-electron chi connectivity index (χ0n) is 10.4. The van der Waals surface area contributed by atoms with Gasteiger partial charge < -0.3 is 4.74 Å². The van der Waals surface area contributed by atoms with Crippen LogP contribution in [0.4, 0.5) is 0 Å². The SMILES string of the molecule is C#CCC1(c2cccc(Cl)c2)C/C(=C(/C)Br)OC1=O. The maximum absolute atomic E-state index is 12.3. The maximum atomic E-state index is 12.3. The molecular formula is C15H12BrClO2. The molecule has 0 aliphatic carbocycles. The number of hydrogen-bond acceptors (Lipinski definition) is 2. The summed E-state index contributed by atoms with van der Waals surface area (Å²) in [6.07, 6.45) is 6.17. The average Bonchev–Trinajstić information content (AvgIpc) is 2.69. The molecule has 4 heteroatoms. The molecule has 1 aromatic rings. The molecule has 2 rings (SSSR count). The van der Waals surface area contributed by atoms with Crippen molar-refractivity contribution in [2.24, 2.45) is 0 Å². The van der Waals surface area contributed by atoms with Crippen molar-refractivity contribution >= 4 is 33.5 Å². The zero-order chi connectivity index (χ0) is 14.0. The van der Waals surface area contributed by atoms with E-state index in [1.807, 2.05) is 19.1 Å². The summed E-state index contributed by atoms with van der Waals surface area (Å²) in [7, 11) is 0. The van der Waals surface area contributed by atoms with Crippen LogP contribution in [0.1, 0.15) is 25.3 Å². The topological polar surface area (TPSA) is 26.3 Å². The number of allylic oxidation sites excluding steroid dienone is 2. The molecule has 0 bridgehead atoms. The molecule has 1 fully saturated rings. The summed E-state index contributed by atoms with van der Waals surface area (Å²) < 4.78 is 6.15. The van der Waals surface area contributed by atoms with Gasteiger partial charge in [-0.2, -0.15) is 0 Å². The summed E-state index contributed by atoms with van der Waals surface area (Å²) in [6, 6.07) is 7.21. The largest absolute Gasteiger partial charge is 0.429 e. The number of carbonyl (C=O) groups excluding carboxylic acids is 1. The highest BCUT2D eigenvalue weighted by atomic mass is 79.9. The van der Waals surface area contributed by atoms with E-state index in [4.69, 9.17) is 22.8 Å². The molecule has 0 saturated carbocycles. The molecule has 1 saturated heterocycles. The lowest BCUT2D eigenvalue weighted by Gasteiger charge is -2.22. The van der Waals surface area contributed by atoms with Gasteiger partial charge in [0, 0.05) is 22.3 Å². The normalized spacial score (nSPS) is 24.8. The first-order valence-corrected chi connectivity index (χ1v) is 6.94. The Balaban J connectivity index is 2.54. The van der Waals surface area contributed by atoms with Crippen LogP contribution in [0.3, 0.4) is 0 Å². The first-order valence-electron chi connectivity index (χ1n) is 5.76. The molecular weight excluding hydrogens is 328 g/mol. The number of esters is 1. The van der Waals surface area contributed by atoms with Gasteiger partial charge in [-0.15, -0.1) is 12.3 Å². The third kappa shape index (κ3) is 2.56. The predicted molar refractivity (Wildman–Crippen MR) is 78.9 cm³/mol. The molecule has 0 radical (unpaired) electrons. The Labute approximate surface area is 125 Å². The van der Waals surface area contributed by atoms with Crippen LogP contribution in [0.15, 0.2) is 34.5 Å². The van der Waals surface area contributed by atoms with E-state index in [2.05, 4.69) is 21.9 Å². The molecule has 0 aromatic heterocycles. The average molecular weight is 340 g/mol. The minimum atomic E-state index is -0.829. The van der Waals surface area contributed by atoms with Crippen LogP contribution in [-0.2, 0) is 14.9 Å². The summed E-state index contributed by atoms with van der Waals surface area (Å²) in [5.74, 6) is 2.88. The number of rotatable bonds is 2. The Morgan fingerprint density at radius 1 is 1.63 bits per heavy atom. The van der Waals surface area contributed by atoms with Crippen molar-refractivity contribution in [3.63, 3.8) is 0 Å². The third-order valence-electron chi connectivity index (χ3n) is 3.23. The Morgan fingerprint density at radius 3 is 2.89 bits per heavy atom. The van der Waals surface area contributed by atoms with Crippen LogP contribution in [-0.4, -0.2) is 5.97 Å². The Bertz CT molecular complexity index is 596. The van der Waals surface area contributed by atoms with E-state index >= 15 is 0 Å². The van der Waals surface area contributed by atoms with Gasteiger partial charge in [-0.1, -0.05) is 39.7 Å². The zero-order valence-corrected chi connectivity index (χ0v) is 12.7. The first kappa shape index (κ1) is 14.2. The number of halogens is 2. The number of ether oxygens (including phenoxy) is 1. The second-order valence-corrected chi connectivity index (χ2v) is 6.12. The Kier molecular flexibility index (Phi) is 4.03. The highest BCUT2D eigenvalue weighted by Crippen LogP contribution is 2.44. The molecule has 1 aliphatic rings. The van der Waals surface area contributed by atoms with Crippen molar-refractivity contribution in [1.29, 1.82) is 0 Å². The lowest BCUT2D eigenvalue weighted by atomic mass is 9.76. The first-order chi connectivity index (χ1) is 8.99. The lowest BCUT2D eigenvalue weighted by Crippen LogP contribution is -2.31. The summed E-state index contributed by atoms with van der Waals surface area (Å²) in [5.41, 5.74) is -0.0315. The third-order valence-corrected chi connectivity index (χ3v) is 3.91. The highest BCUT2D eigenvalue weighted by molar-refractivity contribution is 9.11. The lowest BCUT2D eigenvalue weighted by molar-refractivity contribution is -0.140. The van der Waals surface area contributed by atoms with Gasteiger partial charge in [-0.25, -0.2) is 0 Å².